The molecule has 2 atom stereocenters. The molecule has 68 valence electrons. The van der Waals surface area contributed by atoms with Crippen molar-refractivity contribution in [3.05, 3.63) is 0 Å². The molecule has 0 saturated heterocycles. The van der Waals surface area contributed by atoms with Gasteiger partial charge in [0.1, 0.15) is 0 Å². The summed E-state index contributed by atoms with van der Waals surface area (Å²) in [6, 6.07) is 0. The average Bonchev–Trinajstić information content (AvgIpc) is 2.70. The molecule has 0 aliphatic heterocycles. The summed E-state index contributed by atoms with van der Waals surface area (Å²) in [5, 5.41) is 0. The van der Waals surface area contributed by atoms with Crippen LogP contribution < -0.4 is 5.73 Å². The van der Waals surface area contributed by atoms with Crippen LogP contribution in [-0.2, 0) is 17.3 Å². The van der Waals surface area contributed by atoms with Crippen LogP contribution in [0.4, 0.5) is 0 Å². The molecule has 11 heavy (non-hydrogen) atoms. The Labute approximate surface area is 72.5 Å². The van der Waals surface area contributed by atoms with Gasteiger partial charge in [-0.2, -0.15) is 4.21 Å². The Morgan fingerprint density at radius 2 is 2.18 bits per heavy atom. The minimum atomic E-state index is -0.114. The highest BCUT2D eigenvalue weighted by molar-refractivity contribution is 7.44. The van der Waals surface area contributed by atoms with Gasteiger partial charge in [-0.25, -0.2) is 0 Å². The van der Waals surface area contributed by atoms with E-state index in [9.17, 15) is 4.79 Å². The number of hydrogen-bond donors (Lipinski definition) is 1. The van der Waals surface area contributed by atoms with E-state index in [1.54, 1.807) is 0 Å². The Bertz CT molecular complexity index is 136. The molecule has 1 amide bonds. The molecule has 0 bridgehead atoms. The Morgan fingerprint density at radius 1 is 1.73 bits per heavy atom. The van der Waals surface area contributed by atoms with Crippen LogP contribution in [0.15, 0.2) is 0 Å². The number of rotatable bonds is 2. The van der Waals surface area contributed by atoms with E-state index in [1.807, 2.05) is 0 Å². The van der Waals surface area contributed by atoms with Crippen molar-refractivity contribution in [2.24, 2.45) is 17.6 Å². The normalized spacial score (nSPS) is 25.5. The molecule has 4 nitrogen and oxygen atoms in total. The van der Waals surface area contributed by atoms with E-state index in [0.717, 1.165) is 12.8 Å². The smallest absolute Gasteiger partial charge is 0.220 e. The summed E-state index contributed by atoms with van der Waals surface area (Å²) < 4.78 is 7.83. The van der Waals surface area contributed by atoms with Crippen molar-refractivity contribution in [3.8, 4) is 0 Å². The van der Waals surface area contributed by atoms with E-state index < -0.39 is 0 Å². The Balaban J connectivity index is -0.000000189. The number of primary amides is 1. The van der Waals surface area contributed by atoms with Crippen molar-refractivity contribution >= 4 is 18.4 Å². The molecular weight excluding hydrogens is 166 g/mol. The second-order valence-corrected chi connectivity index (χ2v) is 2.41. The van der Waals surface area contributed by atoms with E-state index in [2.05, 4.69) is 19.5 Å². The van der Waals surface area contributed by atoms with Gasteiger partial charge in [0, 0.05) is 7.34 Å². The van der Waals surface area contributed by atoms with Gasteiger partial charge in [-0.05, 0) is 12.3 Å². The lowest BCUT2D eigenvalue weighted by atomic mass is 10.2. The predicted octanol–water partition coefficient (Wildman–Crippen LogP) is -0.397. The first-order valence-corrected chi connectivity index (χ1v) is 3.55. The van der Waals surface area contributed by atoms with Crippen LogP contribution in [0.1, 0.15) is 21.2 Å². The molecular formula is C6H15NO3S. The minimum Gasteiger partial charge on any atom is -0.412 e. The lowest BCUT2D eigenvalue weighted by Crippen LogP contribution is -2.13. The third-order valence-electron chi connectivity index (χ3n) is 1.81. The van der Waals surface area contributed by atoms with E-state index in [0.29, 0.717) is 5.92 Å². The monoisotopic (exact) mass is 181 g/mol. The van der Waals surface area contributed by atoms with Crippen LogP contribution in [0.2, 0.25) is 0 Å². The van der Waals surface area contributed by atoms with Gasteiger partial charge < -0.3 is 11.2 Å². The highest BCUT2D eigenvalue weighted by Crippen LogP contribution is 2.40. The van der Waals surface area contributed by atoms with Crippen molar-refractivity contribution < 1.29 is 15.9 Å². The Kier molecular flexibility index (Phi) is 7.34. The molecule has 0 aromatic carbocycles. The van der Waals surface area contributed by atoms with E-state index in [4.69, 9.17) is 9.94 Å². The van der Waals surface area contributed by atoms with Crippen molar-refractivity contribution in [2.45, 2.75) is 19.8 Å². The summed E-state index contributed by atoms with van der Waals surface area (Å²) in [5.74, 6) is 0.726. The van der Waals surface area contributed by atoms with Gasteiger partial charge >= 0.3 is 0 Å². The molecule has 1 saturated carbocycles. The molecule has 0 aromatic rings. The van der Waals surface area contributed by atoms with Crippen LogP contribution in [-0.4, -0.2) is 15.6 Å². The van der Waals surface area contributed by atoms with E-state index >= 15 is 0 Å². The molecule has 0 heterocycles. The first-order valence-electron chi connectivity index (χ1n) is 3.21. The van der Waals surface area contributed by atoms with Crippen LogP contribution in [0.5, 0.6) is 0 Å². The number of amides is 1. The first-order chi connectivity index (χ1) is 4.75. The number of carbonyl (C=O) groups is 1. The van der Waals surface area contributed by atoms with Gasteiger partial charge in [-0.1, -0.05) is 13.3 Å². The fourth-order valence-electron chi connectivity index (χ4n) is 1.05. The molecule has 1 aliphatic rings. The summed E-state index contributed by atoms with van der Waals surface area (Å²) in [7, 11) is 0. The molecule has 0 aromatic heterocycles. The van der Waals surface area contributed by atoms with Crippen molar-refractivity contribution in [1.82, 2.24) is 0 Å². The van der Waals surface area contributed by atoms with Gasteiger partial charge in [0.15, 0.2) is 12.5 Å². The second kappa shape index (κ2) is 6.18. The minimum absolute atomic E-state index is 0. The molecule has 4 N–H and O–H groups in total. The molecule has 1 fully saturated rings. The van der Waals surface area contributed by atoms with Crippen LogP contribution in [0.25, 0.3) is 0 Å². The fraction of sp³-hybridized carbons (Fsp3) is 0.833. The number of hydrogen-bond acceptors (Lipinski definition) is 3. The molecule has 0 unspecified atom stereocenters. The zero-order valence-electron chi connectivity index (χ0n) is 6.37. The molecule has 1 rings (SSSR count). The van der Waals surface area contributed by atoms with E-state index in [1.165, 1.54) is 0 Å². The fourth-order valence-corrected chi connectivity index (χ4v) is 1.05. The van der Waals surface area contributed by atoms with Crippen molar-refractivity contribution in [3.63, 3.8) is 0 Å². The van der Waals surface area contributed by atoms with Gasteiger partial charge in [-0.3, -0.25) is 4.79 Å². The van der Waals surface area contributed by atoms with Crippen molar-refractivity contribution in [1.29, 1.82) is 0 Å². The summed E-state index contributed by atoms with van der Waals surface area (Å²) in [4.78, 5) is 10.4. The van der Waals surface area contributed by atoms with Gasteiger partial charge in [-0.15, -0.1) is 0 Å². The standard InChI is InChI=1S/C6H11NO.OS.H2O.H2/c1-2-4-3-5(4)6(7)8;1-2;;/h4-5H,2-3H2,1H3,(H2,7,8);;1H2;1H/t4-,5+;;;/m1.../s1. The third kappa shape index (κ3) is 4.00. The largest absolute Gasteiger partial charge is 0.412 e. The Morgan fingerprint density at radius 3 is 2.27 bits per heavy atom. The Hall–Kier alpha value is -0.550. The zero-order valence-corrected chi connectivity index (χ0v) is 7.19. The van der Waals surface area contributed by atoms with Gasteiger partial charge in [0.05, 0.1) is 0 Å². The quantitative estimate of drug-likeness (QED) is 0.628. The highest BCUT2D eigenvalue weighted by atomic mass is 32.1. The lowest BCUT2D eigenvalue weighted by Gasteiger charge is -1.86. The molecule has 0 spiro atoms. The maximum absolute atomic E-state index is 10.4. The SMILES string of the molecule is CC[C@@H]1C[C@@H]1C(N)=O.O.O=S.[HH]. The van der Waals surface area contributed by atoms with Gasteiger partial charge in [0.25, 0.3) is 0 Å². The molecule has 1 aliphatic carbocycles. The maximum atomic E-state index is 10.4. The third-order valence-corrected chi connectivity index (χ3v) is 1.81. The molecule has 0 radical (unpaired) electrons. The number of carbonyl (C=O) groups excluding carboxylic acids is 1. The van der Waals surface area contributed by atoms with Crippen molar-refractivity contribution in [2.75, 3.05) is 0 Å². The molecule has 5 heteroatoms. The first kappa shape index (κ1) is 13.1. The second-order valence-electron chi connectivity index (χ2n) is 2.41. The summed E-state index contributed by atoms with van der Waals surface area (Å²) in [6.07, 6.45) is 2.14. The maximum Gasteiger partial charge on any atom is 0.220 e. The van der Waals surface area contributed by atoms with E-state index in [-0.39, 0.29) is 18.7 Å². The zero-order chi connectivity index (χ0) is 8.15. The highest BCUT2D eigenvalue weighted by Gasteiger charge is 2.39. The summed E-state index contributed by atoms with van der Waals surface area (Å²) in [5.41, 5.74) is 5.02. The lowest BCUT2D eigenvalue weighted by molar-refractivity contribution is -0.119. The topological polar surface area (TPSA) is 91.7 Å². The van der Waals surface area contributed by atoms with Gasteiger partial charge in [0.2, 0.25) is 5.91 Å². The van der Waals surface area contributed by atoms with Crippen LogP contribution >= 0.6 is 0 Å². The van der Waals surface area contributed by atoms with Crippen LogP contribution in [0.3, 0.4) is 0 Å². The van der Waals surface area contributed by atoms with Crippen LogP contribution in [0, 0.1) is 11.8 Å². The summed E-state index contributed by atoms with van der Waals surface area (Å²) in [6.45, 7) is 2.09. The summed E-state index contributed by atoms with van der Waals surface area (Å²) >= 11 is 2.83. The average molecular weight is 181 g/mol. The predicted molar refractivity (Wildman–Crippen MR) is 45.0 cm³/mol. The number of nitrogens with two attached hydrogens (primary N) is 1.